The van der Waals surface area contributed by atoms with Crippen molar-refractivity contribution < 1.29 is 14.7 Å². The van der Waals surface area contributed by atoms with Gasteiger partial charge in [0.15, 0.2) is 5.78 Å². The molecule has 0 radical (unpaired) electrons. The molecule has 1 fully saturated rings. The summed E-state index contributed by atoms with van der Waals surface area (Å²) in [6.45, 7) is 4.32. The molecule has 1 saturated heterocycles. The highest BCUT2D eigenvalue weighted by atomic mass is 16.4. The lowest BCUT2D eigenvalue weighted by Crippen LogP contribution is -2.34. The molecule has 0 spiro atoms. The largest absolute Gasteiger partial charge is 0.478 e. The van der Waals surface area contributed by atoms with E-state index in [1.165, 1.54) is 0 Å². The van der Waals surface area contributed by atoms with Gasteiger partial charge in [-0.3, -0.25) is 9.69 Å². The lowest BCUT2D eigenvalue weighted by atomic mass is 9.89. The first-order chi connectivity index (χ1) is 11.9. The van der Waals surface area contributed by atoms with Crippen molar-refractivity contribution in [1.82, 2.24) is 9.47 Å². The molecule has 25 heavy (non-hydrogen) atoms. The van der Waals surface area contributed by atoms with Crippen LogP contribution in [0.3, 0.4) is 0 Å². The SMILES string of the molecule is CC(=O)c1cc(CN2CCC[C@H](c3cccc(C(=O)O)c3)C2)n(C)c1. The number of piperidine rings is 1. The van der Waals surface area contributed by atoms with E-state index in [0.717, 1.165) is 49.3 Å². The number of benzene rings is 1. The van der Waals surface area contributed by atoms with Crippen molar-refractivity contribution in [3.05, 3.63) is 58.9 Å². The van der Waals surface area contributed by atoms with E-state index in [-0.39, 0.29) is 5.78 Å². The standard InChI is InChI=1S/C20H24N2O3/c1-14(23)18-10-19(21(2)11-18)13-22-8-4-7-17(12-22)15-5-3-6-16(9-15)20(24)25/h3,5-6,9-11,17H,4,7-8,12-13H2,1-2H3,(H,24,25)/t17-/m0/s1. The molecule has 1 aliphatic rings. The quantitative estimate of drug-likeness (QED) is 0.848. The summed E-state index contributed by atoms with van der Waals surface area (Å²) in [5, 5.41) is 9.19. The summed E-state index contributed by atoms with van der Waals surface area (Å²) in [6, 6.07) is 9.26. The lowest BCUT2D eigenvalue weighted by Gasteiger charge is -2.33. The molecule has 5 nitrogen and oxygen atoms in total. The van der Waals surface area contributed by atoms with E-state index in [1.54, 1.807) is 19.1 Å². The second-order valence-corrected chi connectivity index (χ2v) is 6.89. The van der Waals surface area contributed by atoms with Crippen molar-refractivity contribution in [2.75, 3.05) is 13.1 Å². The predicted molar refractivity (Wildman–Crippen MR) is 96.1 cm³/mol. The first-order valence-electron chi connectivity index (χ1n) is 8.66. The van der Waals surface area contributed by atoms with Gasteiger partial charge in [0.2, 0.25) is 0 Å². The number of aryl methyl sites for hydroxylation is 1. The summed E-state index contributed by atoms with van der Waals surface area (Å²) in [5.74, 6) is -0.445. The molecule has 0 unspecified atom stereocenters. The van der Waals surface area contributed by atoms with Crippen molar-refractivity contribution in [2.45, 2.75) is 32.2 Å². The molecule has 3 rings (SSSR count). The van der Waals surface area contributed by atoms with Crippen LogP contribution in [-0.2, 0) is 13.6 Å². The minimum Gasteiger partial charge on any atom is -0.478 e. The third-order valence-electron chi connectivity index (χ3n) is 5.01. The molecule has 2 heterocycles. The van der Waals surface area contributed by atoms with Gasteiger partial charge >= 0.3 is 5.97 Å². The Morgan fingerprint density at radius 3 is 2.72 bits per heavy atom. The maximum atomic E-state index is 11.6. The van der Waals surface area contributed by atoms with Crippen molar-refractivity contribution in [1.29, 1.82) is 0 Å². The van der Waals surface area contributed by atoms with Crippen molar-refractivity contribution in [2.24, 2.45) is 7.05 Å². The third-order valence-corrected chi connectivity index (χ3v) is 5.01. The average Bonchev–Trinajstić information content (AvgIpc) is 2.96. The van der Waals surface area contributed by atoms with Gasteiger partial charge in [-0.1, -0.05) is 12.1 Å². The van der Waals surface area contributed by atoms with Crippen LogP contribution in [0.4, 0.5) is 0 Å². The average molecular weight is 340 g/mol. The Labute approximate surface area is 147 Å². The molecule has 0 aliphatic carbocycles. The number of carbonyl (C=O) groups excluding carboxylic acids is 1. The number of aromatic carboxylic acids is 1. The molecule has 1 N–H and O–H groups in total. The fourth-order valence-corrected chi connectivity index (χ4v) is 3.59. The van der Waals surface area contributed by atoms with Crippen LogP contribution in [0.1, 0.15) is 57.7 Å². The molecule has 1 aromatic carbocycles. The number of carboxylic acids is 1. The van der Waals surface area contributed by atoms with Gasteiger partial charge in [0.05, 0.1) is 5.56 Å². The van der Waals surface area contributed by atoms with Crippen LogP contribution in [0.15, 0.2) is 36.5 Å². The van der Waals surface area contributed by atoms with Gasteiger partial charge < -0.3 is 9.67 Å². The van der Waals surface area contributed by atoms with Gasteiger partial charge in [-0.05, 0) is 56.0 Å². The van der Waals surface area contributed by atoms with Crippen LogP contribution in [0, 0.1) is 0 Å². The number of Topliss-reactive ketones (excluding diaryl/α,β-unsaturated/α-hetero) is 1. The van der Waals surface area contributed by atoms with E-state index < -0.39 is 5.97 Å². The van der Waals surface area contributed by atoms with Crippen LogP contribution >= 0.6 is 0 Å². The molecular formula is C20H24N2O3. The number of likely N-dealkylation sites (tertiary alicyclic amines) is 1. The summed E-state index contributed by atoms with van der Waals surface area (Å²) >= 11 is 0. The van der Waals surface area contributed by atoms with E-state index in [9.17, 15) is 14.7 Å². The number of hydrogen-bond donors (Lipinski definition) is 1. The number of carboxylic acid groups (broad SMARTS) is 1. The smallest absolute Gasteiger partial charge is 0.335 e. The molecule has 0 saturated carbocycles. The zero-order chi connectivity index (χ0) is 18.0. The Kier molecular flexibility index (Phi) is 5.04. The van der Waals surface area contributed by atoms with Crippen molar-refractivity contribution in [3.63, 3.8) is 0 Å². The lowest BCUT2D eigenvalue weighted by molar-refractivity contribution is 0.0696. The van der Waals surface area contributed by atoms with Crippen LogP contribution < -0.4 is 0 Å². The Morgan fingerprint density at radius 2 is 2.04 bits per heavy atom. The number of hydrogen-bond acceptors (Lipinski definition) is 3. The summed E-state index contributed by atoms with van der Waals surface area (Å²) in [6.07, 6.45) is 4.05. The van der Waals surface area contributed by atoms with E-state index >= 15 is 0 Å². The summed E-state index contributed by atoms with van der Waals surface area (Å²) in [4.78, 5) is 25.1. The van der Waals surface area contributed by atoms with E-state index in [4.69, 9.17) is 0 Å². The third kappa shape index (κ3) is 3.99. The van der Waals surface area contributed by atoms with Crippen LogP contribution in [0.2, 0.25) is 0 Å². The highest BCUT2D eigenvalue weighted by molar-refractivity contribution is 5.94. The highest BCUT2D eigenvalue weighted by Crippen LogP contribution is 2.28. The maximum Gasteiger partial charge on any atom is 0.335 e. The topological polar surface area (TPSA) is 62.5 Å². The maximum absolute atomic E-state index is 11.6. The van der Waals surface area contributed by atoms with Crippen molar-refractivity contribution in [3.8, 4) is 0 Å². The minimum atomic E-state index is -0.880. The van der Waals surface area contributed by atoms with Gasteiger partial charge in [-0.2, -0.15) is 0 Å². The van der Waals surface area contributed by atoms with Gasteiger partial charge in [-0.15, -0.1) is 0 Å². The predicted octanol–water partition coefficient (Wildman–Crippen LogP) is 3.31. The molecule has 1 atom stereocenters. The summed E-state index contributed by atoms with van der Waals surface area (Å²) in [7, 11) is 1.97. The van der Waals surface area contributed by atoms with Gasteiger partial charge in [0, 0.05) is 37.6 Å². The van der Waals surface area contributed by atoms with E-state index in [2.05, 4.69) is 4.90 Å². The number of nitrogens with zero attached hydrogens (tertiary/aromatic N) is 2. The fourth-order valence-electron chi connectivity index (χ4n) is 3.59. The number of carbonyl (C=O) groups is 2. The second kappa shape index (κ2) is 7.23. The highest BCUT2D eigenvalue weighted by Gasteiger charge is 2.23. The Hall–Kier alpha value is -2.40. The van der Waals surface area contributed by atoms with Crippen LogP contribution in [0.25, 0.3) is 0 Å². The number of rotatable bonds is 5. The van der Waals surface area contributed by atoms with E-state index in [1.807, 2.05) is 36.0 Å². The normalized spacial score (nSPS) is 18.2. The van der Waals surface area contributed by atoms with Crippen molar-refractivity contribution >= 4 is 11.8 Å². The first kappa shape index (κ1) is 17.4. The molecule has 0 bridgehead atoms. The number of aromatic nitrogens is 1. The van der Waals surface area contributed by atoms with Crippen LogP contribution in [0.5, 0.6) is 0 Å². The van der Waals surface area contributed by atoms with Gasteiger partial charge in [0.1, 0.15) is 0 Å². The zero-order valence-electron chi connectivity index (χ0n) is 14.7. The molecule has 132 valence electrons. The Morgan fingerprint density at radius 1 is 1.24 bits per heavy atom. The number of ketones is 1. The molecule has 0 amide bonds. The first-order valence-corrected chi connectivity index (χ1v) is 8.66. The van der Waals surface area contributed by atoms with Gasteiger partial charge in [0.25, 0.3) is 0 Å². The van der Waals surface area contributed by atoms with Gasteiger partial charge in [-0.25, -0.2) is 4.79 Å². The minimum absolute atomic E-state index is 0.0869. The second-order valence-electron chi connectivity index (χ2n) is 6.89. The van der Waals surface area contributed by atoms with E-state index in [0.29, 0.717) is 11.5 Å². The molecule has 5 heteroatoms. The molecular weight excluding hydrogens is 316 g/mol. The summed E-state index contributed by atoms with van der Waals surface area (Å²) < 4.78 is 2.02. The Balaban J connectivity index is 1.72. The monoisotopic (exact) mass is 340 g/mol. The zero-order valence-corrected chi connectivity index (χ0v) is 14.7. The summed E-state index contributed by atoms with van der Waals surface area (Å²) in [5.41, 5.74) is 3.33. The molecule has 1 aromatic heterocycles. The molecule has 2 aromatic rings. The molecule has 1 aliphatic heterocycles. The van der Waals surface area contributed by atoms with Crippen LogP contribution in [-0.4, -0.2) is 39.4 Å². The fraction of sp³-hybridized carbons (Fsp3) is 0.400. The Bertz CT molecular complexity index is 794.